The first-order valence-corrected chi connectivity index (χ1v) is 12.7. The smallest absolute Gasteiger partial charge is 0.305 e. The molecule has 0 amide bonds. The molecule has 0 bridgehead atoms. The van der Waals surface area contributed by atoms with Crippen LogP contribution in [0, 0.1) is 28.1 Å². The number of ketones is 1. The van der Waals surface area contributed by atoms with Crippen molar-refractivity contribution in [2.75, 3.05) is 7.11 Å². The van der Waals surface area contributed by atoms with E-state index in [0.717, 1.165) is 17.6 Å². The fraction of sp³-hybridized carbons (Fsp3) is 0.621. The van der Waals surface area contributed by atoms with Crippen molar-refractivity contribution >= 4 is 17.7 Å². The van der Waals surface area contributed by atoms with Crippen molar-refractivity contribution in [3.8, 4) is 0 Å². The molecule has 0 N–H and O–H groups in total. The molecule has 2 heterocycles. The third kappa shape index (κ3) is 3.17. The van der Waals surface area contributed by atoms with Gasteiger partial charge in [-0.3, -0.25) is 14.4 Å². The van der Waals surface area contributed by atoms with E-state index in [2.05, 4.69) is 20.4 Å². The number of hydrogen-bond acceptors (Lipinski definition) is 7. The molecule has 1 saturated heterocycles. The number of hydrogen-bond donors (Lipinski definition) is 0. The highest BCUT2D eigenvalue weighted by Crippen LogP contribution is 2.76. The van der Waals surface area contributed by atoms with Crippen LogP contribution < -0.4 is 0 Å². The van der Waals surface area contributed by atoms with Crippen LogP contribution in [-0.2, 0) is 28.6 Å². The minimum Gasteiger partial charge on any atom is -0.472 e. The van der Waals surface area contributed by atoms with Gasteiger partial charge >= 0.3 is 11.9 Å². The zero-order chi connectivity index (χ0) is 26.3. The van der Waals surface area contributed by atoms with E-state index in [9.17, 15) is 14.4 Å². The molecule has 7 heteroatoms. The Morgan fingerprint density at radius 3 is 2.56 bits per heavy atom. The number of carbonyl (C=O) groups is 3. The minimum absolute atomic E-state index is 0.0144. The lowest BCUT2D eigenvalue weighted by atomic mass is 9.47. The molecule has 1 aliphatic heterocycles. The zero-order valence-electron chi connectivity index (χ0n) is 22.0. The maximum Gasteiger partial charge on any atom is 0.305 e. The van der Waals surface area contributed by atoms with Gasteiger partial charge in [-0.15, -0.1) is 0 Å². The van der Waals surface area contributed by atoms with Crippen molar-refractivity contribution in [1.29, 1.82) is 0 Å². The topological polar surface area (TPSA) is 95.3 Å². The Kier molecular flexibility index (Phi) is 5.49. The molecule has 2 saturated carbocycles. The maximum absolute atomic E-state index is 13.0. The lowest BCUT2D eigenvalue weighted by Crippen LogP contribution is -2.59. The summed E-state index contributed by atoms with van der Waals surface area (Å²) in [6, 6.07) is 2.00. The summed E-state index contributed by atoms with van der Waals surface area (Å²) in [5.41, 5.74) is -0.453. The lowest BCUT2D eigenvalue weighted by Gasteiger charge is -2.57. The maximum atomic E-state index is 13.0. The number of epoxide rings is 1. The van der Waals surface area contributed by atoms with Crippen LogP contribution in [0.5, 0.6) is 0 Å². The van der Waals surface area contributed by atoms with E-state index in [0.29, 0.717) is 6.42 Å². The van der Waals surface area contributed by atoms with Gasteiger partial charge < -0.3 is 18.6 Å². The third-order valence-corrected chi connectivity index (χ3v) is 10.0. The second-order valence-corrected chi connectivity index (χ2v) is 12.1. The fourth-order valence-corrected chi connectivity index (χ4v) is 8.23. The molecule has 0 radical (unpaired) electrons. The standard InChI is InChI=1S/C29H36O7/c1-16-25(27(5)10-8-22(31)26(3,4)21(27)13-24(32)33-7)20(35-17(2)30)14-28(6)19(18-9-11-34-15-18)12-23-29(16,28)36-23/h8-11,15,19-21,23,25H,1,12-14H2,2-7H3/t19-,20+,21-,23+,25+,27-,28-,29+/m0/s1. The second-order valence-electron chi connectivity index (χ2n) is 12.1. The van der Waals surface area contributed by atoms with E-state index in [1.54, 1.807) is 18.6 Å². The van der Waals surface area contributed by atoms with Crippen molar-refractivity contribution < 1.29 is 33.0 Å². The average Bonchev–Trinajstić information content (AvgIpc) is 3.16. The van der Waals surface area contributed by atoms with Gasteiger partial charge in [0.2, 0.25) is 0 Å². The Labute approximate surface area is 212 Å². The van der Waals surface area contributed by atoms with Gasteiger partial charge in [0.1, 0.15) is 11.7 Å². The number of esters is 2. The predicted octanol–water partition coefficient (Wildman–Crippen LogP) is 4.77. The van der Waals surface area contributed by atoms with Crippen molar-refractivity contribution in [3.05, 3.63) is 48.5 Å². The molecule has 194 valence electrons. The number of ether oxygens (including phenoxy) is 3. The van der Waals surface area contributed by atoms with Crippen LogP contribution in [-0.4, -0.2) is 42.6 Å². The summed E-state index contributed by atoms with van der Waals surface area (Å²) < 4.78 is 23.0. The van der Waals surface area contributed by atoms with Crippen LogP contribution in [0.25, 0.3) is 0 Å². The molecule has 1 aromatic rings. The minimum atomic E-state index is -0.823. The number of furan rings is 1. The largest absolute Gasteiger partial charge is 0.472 e. The van der Waals surface area contributed by atoms with E-state index in [4.69, 9.17) is 18.6 Å². The molecular formula is C29H36O7. The van der Waals surface area contributed by atoms with Gasteiger partial charge in [0.25, 0.3) is 0 Å². The summed E-state index contributed by atoms with van der Waals surface area (Å²) in [6.07, 6.45) is 7.98. The van der Waals surface area contributed by atoms with E-state index in [-0.39, 0.29) is 47.5 Å². The summed E-state index contributed by atoms with van der Waals surface area (Å²) in [5, 5.41) is 0. The summed E-state index contributed by atoms with van der Waals surface area (Å²) >= 11 is 0. The normalized spacial score (nSPS) is 42.4. The number of methoxy groups -OCH3 is 1. The number of allylic oxidation sites excluding steroid dienone is 2. The Hall–Kier alpha value is -2.67. The molecular weight excluding hydrogens is 460 g/mol. The average molecular weight is 497 g/mol. The quantitative estimate of drug-likeness (QED) is 0.329. The molecule has 4 aliphatic rings. The fourth-order valence-electron chi connectivity index (χ4n) is 8.23. The molecule has 3 fully saturated rings. The highest BCUT2D eigenvalue weighted by Gasteiger charge is 2.80. The molecule has 0 unspecified atom stereocenters. The van der Waals surface area contributed by atoms with Crippen molar-refractivity contribution in [2.24, 2.45) is 28.1 Å². The molecule has 0 aromatic carbocycles. The van der Waals surface area contributed by atoms with E-state index >= 15 is 0 Å². The van der Waals surface area contributed by atoms with Gasteiger partial charge in [-0.1, -0.05) is 40.3 Å². The van der Waals surface area contributed by atoms with Crippen LogP contribution >= 0.6 is 0 Å². The summed E-state index contributed by atoms with van der Waals surface area (Å²) in [4.78, 5) is 38.0. The Bertz CT molecular complexity index is 1150. The van der Waals surface area contributed by atoms with Crippen LogP contribution in [0.15, 0.2) is 47.3 Å². The Balaban J connectivity index is 1.63. The van der Waals surface area contributed by atoms with Crippen LogP contribution in [0.3, 0.4) is 0 Å². The highest BCUT2D eigenvalue weighted by molar-refractivity contribution is 5.96. The van der Waals surface area contributed by atoms with Gasteiger partial charge in [0.05, 0.1) is 32.2 Å². The molecule has 5 rings (SSSR count). The molecule has 1 spiro atoms. The van der Waals surface area contributed by atoms with Crippen molar-refractivity contribution in [1.82, 2.24) is 0 Å². The van der Waals surface area contributed by atoms with Crippen LogP contribution in [0.4, 0.5) is 0 Å². The first-order chi connectivity index (χ1) is 16.8. The first-order valence-electron chi connectivity index (χ1n) is 12.7. The number of rotatable bonds is 5. The SMILES string of the molecule is C=C1[C@@H]([C@@]2(C)C=CC(=O)C(C)(C)[C@@H]2CC(=O)OC)[C@H](OC(C)=O)C[C@@]2(C)[C@H](c3ccoc3)C[C@H]3O[C@]132. The van der Waals surface area contributed by atoms with E-state index in [1.165, 1.54) is 14.0 Å². The molecule has 1 aromatic heterocycles. The zero-order valence-corrected chi connectivity index (χ0v) is 22.0. The summed E-state index contributed by atoms with van der Waals surface area (Å²) in [6.45, 7) is 14.0. The monoisotopic (exact) mass is 496 g/mol. The van der Waals surface area contributed by atoms with E-state index in [1.807, 2.05) is 26.0 Å². The van der Waals surface area contributed by atoms with Crippen molar-refractivity contribution in [2.45, 2.75) is 77.6 Å². The molecule has 8 atom stereocenters. The summed E-state index contributed by atoms with van der Waals surface area (Å²) in [7, 11) is 1.36. The molecule has 7 nitrogen and oxygen atoms in total. The predicted molar refractivity (Wildman–Crippen MR) is 131 cm³/mol. The molecule has 36 heavy (non-hydrogen) atoms. The Morgan fingerprint density at radius 1 is 1.22 bits per heavy atom. The third-order valence-electron chi connectivity index (χ3n) is 10.0. The highest BCUT2D eigenvalue weighted by atomic mass is 16.6. The molecule has 3 aliphatic carbocycles. The summed E-state index contributed by atoms with van der Waals surface area (Å²) in [5.74, 6) is -1.35. The van der Waals surface area contributed by atoms with Crippen LogP contribution in [0.2, 0.25) is 0 Å². The first kappa shape index (κ1) is 25.0. The van der Waals surface area contributed by atoms with Gasteiger partial charge in [0, 0.05) is 29.1 Å². The van der Waals surface area contributed by atoms with Crippen molar-refractivity contribution in [3.63, 3.8) is 0 Å². The Morgan fingerprint density at radius 2 is 1.94 bits per heavy atom. The van der Waals surface area contributed by atoms with Crippen LogP contribution in [0.1, 0.15) is 65.4 Å². The van der Waals surface area contributed by atoms with Gasteiger partial charge in [-0.25, -0.2) is 0 Å². The van der Waals surface area contributed by atoms with Gasteiger partial charge in [-0.2, -0.15) is 0 Å². The van der Waals surface area contributed by atoms with E-state index < -0.39 is 28.5 Å². The van der Waals surface area contributed by atoms with Gasteiger partial charge in [0.15, 0.2) is 5.78 Å². The number of carbonyl (C=O) groups excluding carboxylic acids is 3. The van der Waals surface area contributed by atoms with Gasteiger partial charge in [-0.05, 0) is 48.0 Å². The lowest BCUT2D eigenvalue weighted by molar-refractivity contribution is -0.164. The second kappa shape index (κ2) is 7.91.